The van der Waals surface area contributed by atoms with Crippen LogP contribution in [-0.2, 0) is 23.9 Å². The van der Waals surface area contributed by atoms with Gasteiger partial charge >= 0.3 is 11.9 Å². The summed E-state index contributed by atoms with van der Waals surface area (Å²) in [6.45, 7) is 3.39. The van der Waals surface area contributed by atoms with E-state index < -0.39 is 24.5 Å². The number of carboxylic acids is 1. The third-order valence-electron chi connectivity index (χ3n) is 10.9. The summed E-state index contributed by atoms with van der Waals surface area (Å²) in [7, 11) is 0. The molecule has 2 amide bonds. The second-order valence-corrected chi connectivity index (χ2v) is 16.5. The van der Waals surface area contributed by atoms with E-state index in [0.29, 0.717) is 19.3 Å². The summed E-state index contributed by atoms with van der Waals surface area (Å²) in [5.74, 6) is -2.29. The Kier molecular flexibility index (Phi) is 42.4. The SMILES string of the molecule is CC/C=C\C/C=C\C/C=C\CCCCCCCCCC(=O)OC(CCCCCCCCCCCCCCCC)CCCCCCCC(=O)NCC(=O)NC(CO)C(=O)O. The highest BCUT2D eigenvalue weighted by molar-refractivity contribution is 5.87. The fraction of sp³-hybridized carbons (Fsp3) is 0.800. The Labute approximate surface area is 361 Å². The molecule has 0 bridgehead atoms. The fourth-order valence-electron chi connectivity index (χ4n) is 7.20. The standard InChI is InChI=1S/C50H90N2O7/c1-3-5-7-9-11-13-15-17-19-20-21-23-25-27-29-34-38-42-49(56)59-45(39-35-31-28-26-24-22-18-16-14-12-10-8-6-4-2)40-36-32-30-33-37-41-47(54)51-43-48(55)52-46(44-53)50(57)58/h5,7,11,13,17,19,45-46,53H,3-4,6,8-10,12,14-16,18,20-44H2,1-2H3,(H,51,54)(H,52,55)(H,57,58)/b7-5-,13-11-,19-17-. The Morgan fingerprint density at radius 2 is 0.966 bits per heavy atom. The molecule has 0 saturated carbocycles. The fourth-order valence-corrected chi connectivity index (χ4v) is 7.20. The summed E-state index contributed by atoms with van der Waals surface area (Å²) < 4.78 is 6.06. The molecule has 0 saturated heterocycles. The van der Waals surface area contributed by atoms with Crippen LogP contribution in [0.5, 0.6) is 0 Å². The van der Waals surface area contributed by atoms with Crippen molar-refractivity contribution in [3.05, 3.63) is 36.5 Å². The van der Waals surface area contributed by atoms with Gasteiger partial charge in [-0.05, 0) is 70.6 Å². The molecule has 0 aromatic heterocycles. The first-order valence-corrected chi connectivity index (χ1v) is 24.4. The van der Waals surface area contributed by atoms with Gasteiger partial charge in [0.2, 0.25) is 11.8 Å². The van der Waals surface area contributed by atoms with Gasteiger partial charge in [0, 0.05) is 12.8 Å². The van der Waals surface area contributed by atoms with Gasteiger partial charge in [-0.15, -0.1) is 0 Å². The van der Waals surface area contributed by atoms with E-state index in [2.05, 4.69) is 60.9 Å². The van der Waals surface area contributed by atoms with Crippen molar-refractivity contribution in [1.29, 1.82) is 0 Å². The van der Waals surface area contributed by atoms with Gasteiger partial charge < -0.3 is 25.6 Å². The molecule has 0 radical (unpaired) electrons. The van der Waals surface area contributed by atoms with Crippen LogP contribution in [0.25, 0.3) is 0 Å². The highest BCUT2D eigenvalue weighted by atomic mass is 16.5. The van der Waals surface area contributed by atoms with Crippen molar-refractivity contribution in [3.63, 3.8) is 0 Å². The number of aliphatic hydroxyl groups is 1. The highest BCUT2D eigenvalue weighted by Crippen LogP contribution is 2.19. The number of hydrogen-bond acceptors (Lipinski definition) is 6. The van der Waals surface area contributed by atoms with Gasteiger partial charge in [0.05, 0.1) is 13.2 Å². The topological polar surface area (TPSA) is 142 Å². The van der Waals surface area contributed by atoms with Gasteiger partial charge in [0.1, 0.15) is 12.1 Å². The summed E-state index contributed by atoms with van der Waals surface area (Å²) in [5, 5.41) is 22.6. The molecule has 0 fully saturated rings. The van der Waals surface area contributed by atoms with Crippen LogP contribution in [0.2, 0.25) is 0 Å². The smallest absolute Gasteiger partial charge is 0.328 e. The highest BCUT2D eigenvalue weighted by Gasteiger charge is 2.19. The van der Waals surface area contributed by atoms with E-state index in [4.69, 9.17) is 14.9 Å². The normalized spacial score (nSPS) is 12.7. The molecule has 0 spiro atoms. The van der Waals surface area contributed by atoms with Crippen LogP contribution >= 0.6 is 0 Å². The molecule has 0 aromatic rings. The van der Waals surface area contributed by atoms with Gasteiger partial charge in [-0.3, -0.25) is 14.4 Å². The number of ether oxygens (including phenoxy) is 1. The molecule has 0 aliphatic heterocycles. The van der Waals surface area contributed by atoms with E-state index in [-0.39, 0.29) is 24.5 Å². The first-order chi connectivity index (χ1) is 28.8. The number of nitrogens with one attached hydrogen (secondary N) is 2. The molecule has 0 aliphatic carbocycles. The Bertz CT molecular complexity index is 1090. The maximum Gasteiger partial charge on any atom is 0.328 e. The number of rotatable bonds is 44. The van der Waals surface area contributed by atoms with E-state index >= 15 is 0 Å². The summed E-state index contributed by atoms with van der Waals surface area (Å²) in [6.07, 6.45) is 51.7. The minimum atomic E-state index is -1.38. The Hall–Kier alpha value is -2.94. The second kappa shape index (κ2) is 44.6. The number of carboxylic acid groups (broad SMARTS) is 1. The average molecular weight is 831 g/mol. The van der Waals surface area contributed by atoms with E-state index in [1.54, 1.807) is 0 Å². The molecule has 2 unspecified atom stereocenters. The van der Waals surface area contributed by atoms with Crippen LogP contribution in [0, 0.1) is 0 Å². The second-order valence-electron chi connectivity index (χ2n) is 16.5. The number of unbranched alkanes of at least 4 members (excludes halogenated alkanes) is 24. The number of carbonyl (C=O) groups is 4. The monoisotopic (exact) mass is 831 g/mol. The number of carbonyl (C=O) groups excluding carboxylic acids is 3. The lowest BCUT2D eigenvalue weighted by Crippen LogP contribution is -2.47. The van der Waals surface area contributed by atoms with Crippen LogP contribution in [0.3, 0.4) is 0 Å². The summed E-state index contributed by atoms with van der Waals surface area (Å²) in [4.78, 5) is 47.7. The predicted octanol–water partition coefficient (Wildman–Crippen LogP) is 12.5. The average Bonchev–Trinajstić information content (AvgIpc) is 3.22. The van der Waals surface area contributed by atoms with Crippen molar-refractivity contribution in [2.24, 2.45) is 0 Å². The minimum Gasteiger partial charge on any atom is -0.480 e. The van der Waals surface area contributed by atoms with Crippen molar-refractivity contribution in [3.8, 4) is 0 Å². The molecule has 0 aromatic carbocycles. The zero-order chi connectivity index (χ0) is 43.3. The van der Waals surface area contributed by atoms with E-state index in [1.807, 2.05) is 0 Å². The van der Waals surface area contributed by atoms with Gasteiger partial charge in [-0.25, -0.2) is 4.79 Å². The van der Waals surface area contributed by atoms with Gasteiger partial charge in [0.15, 0.2) is 0 Å². The molecule has 4 N–H and O–H groups in total. The van der Waals surface area contributed by atoms with Gasteiger partial charge in [-0.2, -0.15) is 0 Å². The van der Waals surface area contributed by atoms with Crippen LogP contribution in [0.15, 0.2) is 36.5 Å². The molecule has 9 nitrogen and oxygen atoms in total. The quantitative estimate of drug-likeness (QED) is 0.0272. The molecule has 342 valence electrons. The number of aliphatic carboxylic acids is 1. The molecular weight excluding hydrogens is 741 g/mol. The zero-order valence-electron chi connectivity index (χ0n) is 38.0. The number of allylic oxidation sites excluding steroid dienone is 6. The maximum absolute atomic E-state index is 12.9. The molecule has 59 heavy (non-hydrogen) atoms. The number of hydrogen-bond donors (Lipinski definition) is 4. The molecule has 0 rings (SSSR count). The van der Waals surface area contributed by atoms with Gasteiger partial charge in [0.25, 0.3) is 0 Å². The molecule has 0 heterocycles. The zero-order valence-corrected chi connectivity index (χ0v) is 38.0. The number of amides is 2. The Balaban J connectivity index is 4.32. The lowest BCUT2D eigenvalue weighted by Gasteiger charge is -2.18. The van der Waals surface area contributed by atoms with Crippen LogP contribution in [0.4, 0.5) is 0 Å². The largest absolute Gasteiger partial charge is 0.480 e. The first kappa shape index (κ1) is 56.1. The van der Waals surface area contributed by atoms with Crippen molar-refractivity contribution in [2.45, 2.75) is 244 Å². The van der Waals surface area contributed by atoms with Crippen molar-refractivity contribution in [1.82, 2.24) is 10.6 Å². The van der Waals surface area contributed by atoms with Crippen LogP contribution < -0.4 is 10.6 Å². The lowest BCUT2D eigenvalue weighted by atomic mass is 10.0. The molecule has 0 aliphatic rings. The van der Waals surface area contributed by atoms with E-state index in [1.165, 1.54) is 116 Å². The van der Waals surface area contributed by atoms with Crippen LogP contribution in [0.1, 0.15) is 232 Å². The lowest BCUT2D eigenvalue weighted by molar-refractivity contribution is -0.150. The number of esters is 1. The van der Waals surface area contributed by atoms with Crippen molar-refractivity contribution in [2.75, 3.05) is 13.2 Å². The summed E-state index contributed by atoms with van der Waals surface area (Å²) in [5.41, 5.74) is 0. The van der Waals surface area contributed by atoms with Gasteiger partial charge in [-0.1, -0.05) is 185 Å². The van der Waals surface area contributed by atoms with Crippen molar-refractivity contribution < 1.29 is 34.1 Å². The maximum atomic E-state index is 12.9. The Morgan fingerprint density at radius 1 is 0.525 bits per heavy atom. The minimum absolute atomic E-state index is 0.0173. The third kappa shape index (κ3) is 41.6. The number of aliphatic hydroxyl groups excluding tert-OH is 1. The van der Waals surface area contributed by atoms with Crippen molar-refractivity contribution >= 4 is 23.8 Å². The Morgan fingerprint density at radius 3 is 1.46 bits per heavy atom. The molecule has 2 atom stereocenters. The molecule has 9 heteroatoms. The summed E-state index contributed by atoms with van der Waals surface area (Å²) >= 11 is 0. The van der Waals surface area contributed by atoms with Crippen LogP contribution in [-0.4, -0.2) is 59.3 Å². The predicted molar refractivity (Wildman–Crippen MR) is 245 cm³/mol. The first-order valence-electron chi connectivity index (χ1n) is 24.4. The van der Waals surface area contributed by atoms with E-state index in [0.717, 1.165) is 83.5 Å². The van der Waals surface area contributed by atoms with E-state index in [9.17, 15) is 19.2 Å². The third-order valence-corrected chi connectivity index (χ3v) is 10.9. The summed E-state index contributed by atoms with van der Waals surface area (Å²) in [6, 6.07) is -1.38. The molecular formula is C50H90N2O7.